The third-order valence-corrected chi connectivity index (χ3v) is 3.99. The van der Waals surface area contributed by atoms with Crippen molar-refractivity contribution < 1.29 is 23.7 Å². The van der Waals surface area contributed by atoms with Crippen LogP contribution in [0.15, 0.2) is 36.4 Å². The molecule has 138 valence electrons. The van der Waals surface area contributed by atoms with Crippen LogP contribution < -0.4 is 29.6 Å². The summed E-state index contributed by atoms with van der Waals surface area (Å²) in [6.07, 6.45) is 0.360. The molecular weight excluding hydrogens is 336 g/mol. The molecule has 0 atom stereocenters. The molecule has 7 heteroatoms. The van der Waals surface area contributed by atoms with E-state index in [1.807, 2.05) is 36.4 Å². The van der Waals surface area contributed by atoms with Crippen molar-refractivity contribution in [2.75, 3.05) is 32.9 Å². The first kappa shape index (κ1) is 17.7. The number of anilines is 1. The van der Waals surface area contributed by atoms with E-state index >= 15 is 0 Å². The van der Waals surface area contributed by atoms with Gasteiger partial charge in [0.05, 0.1) is 14.2 Å². The number of ether oxygens (including phenoxy) is 4. The highest BCUT2D eigenvalue weighted by Gasteiger charge is 2.13. The molecule has 1 aliphatic rings. The van der Waals surface area contributed by atoms with Crippen LogP contribution in [0.1, 0.15) is 12.0 Å². The lowest BCUT2D eigenvalue weighted by Crippen LogP contribution is -2.24. The Kier molecular flexibility index (Phi) is 5.68. The Morgan fingerprint density at radius 3 is 2.65 bits per heavy atom. The Bertz CT molecular complexity index is 779. The predicted octanol–water partition coefficient (Wildman–Crippen LogP) is 2.55. The van der Waals surface area contributed by atoms with Gasteiger partial charge in [-0.3, -0.25) is 4.79 Å². The van der Waals surface area contributed by atoms with E-state index in [1.165, 1.54) is 0 Å². The molecule has 2 aromatic rings. The SMILES string of the molecule is COc1ccc(NCCC(=O)NCc2ccc3c(c2)OCO3)cc1OC. The van der Waals surface area contributed by atoms with Crippen LogP contribution in [0.2, 0.25) is 0 Å². The molecule has 0 unspecified atom stereocenters. The van der Waals surface area contributed by atoms with E-state index in [-0.39, 0.29) is 12.7 Å². The summed E-state index contributed by atoms with van der Waals surface area (Å²) in [5.41, 5.74) is 1.83. The molecule has 0 fully saturated rings. The summed E-state index contributed by atoms with van der Waals surface area (Å²) in [6.45, 7) is 1.21. The normalized spacial score (nSPS) is 11.8. The van der Waals surface area contributed by atoms with Crippen molar-refractivity contribution in [3.8, 4) is 23.0 Å². The summed E-state index contributed by atoms with van der Waals surface area (Å²) in [5.74, 6) is 2.73. The average molecular weight is 358 g/mol. The summed E-state index contributed by atoms with van der Waals surface area (Å²) in [4.78, 5) is 12.0. The maximum absolute atomic E-state index is 12.0. The van der Waals surface area contributed by atoms with Gasteiger partial charge in [0.15, 0.2) is 23.0 Å². The van der Waals surface area contributed by atoms with Gasteiger partial charge in [0.25, 0.3) is 0 Å². The van der Waals surface area contributed by atoms with Gasteiger partial charge in [-0.25, -0.2) is 0 Å². The van der Waals surface area contributed by atoms with Gasteiger partial charge in [0.2, 0.25) is 12.7 Å². The molecule has 2 N–H and O–H groups in total. The summed E-state index contributed by atoms with van der Waals surface area (Å²) in [7, 11) is 3.18. The monoisotopic (exact) mass is 358 g/mol. The van der Waals surface area contributed by atoms with E-state index in [9.17, 15) is 4.79 Å². The topological polar surface area (TPSA) is 78.1 Å². The van der Waals surface area contributed by atoms with Gasteiger partial charge in [-0.1, -0.05) is 6.07 Å². The van der Waals surface area contributed by atoms with Crippen molar-refractivity contribution in [3.05, 3.63) is 42.0 Å². The fourth-order valence-electron chi connectivity index (χ4n) is 2.61. The smallest absolute Gasteiger partial charge is 0.231 e. The molecule has 0 saturated heterocycles. The second-order valence-electron chi connectivity index (χ2n) is 5.71. The zero-order chi connectivity index (χ0) is 18.4. The summed E-state index contributed by atoms with van der Waals surface area (Å²) in [5, 5.41) is 6.10. The minimum absolute atomic E-state index is 0.0318. The van der Waals surface area contributed by atoms with Crippen LogP contribution >= 0.6 is 0 Å². The van der Waals surface area contributed by atoms with Crippen LogP contribution in [0.25, 0.3) is 0 Å². The Morgan fingerprint density at radius 2 is 1.85 bits per heavy atom. The maximum Gasteiger partial charge on any atom is 0.231 e. The molecule has 7 nitrogen and oxygen atoms in total. The Labute approximate surface area is 152 Å². The molecule has 0 spiro atoms. The van der Waals surface area contributed by atoms with Gasteiger partial charge in [0.1, 0.15) is 0 Å². The first-order chi connectivity index (χ1) is 12.7. The minimum atomic E-state index is -0.0318. The standard InChI is InChI=1S/C19H22N2O5/c1-23-15-6-4-14(10-17(15)24-2)20-8-7-19(22)21-11-13-3-5-16-18(9-13)26-12-25-16/h3-6,9-10,20H,7-8,11-12H2,1-2H3,(H,21,22). The van der Waals surface area contributed by atoms with Crippen LogP contribution in [0, 0.1) is 0 Å². The summed E-state index contributed by atoms with van der Waals surface area (Å²) >= 11 is 0. The Hall–Kier alpha value is -3.09. The van der Waals surface area contributed by atoms with E-state index in [1.54, 1.807) is 14.2 Å². The van der Waals surface area contributed by atoms with Gasteiger partial charge < -0.3 is 29.6 Å². The van der Waals surface area contributed by atoms with Crippen molar-refractivity contribution in [1.82, 2.24) is 5.32 Å². The third kappa shape index (κ3) is 4.30. The van der Waals surface area contributed by atoms with Crippen molar-refractivity contribution in [1.29, 1.82) is 0 Å². The minimum Gasteiger partial charge on any atom is -0.493 e. The van der Waals surface area contributed by atoms with Crippen LogP contribution in [0.3, 0.4) is 0 Å². The van der Waals surface area contributed by atoms with E-state index < -0.39 is 0 Å². The van der Waals surface area contributed by atoms with Gasteiger partial charge in [0, 0.05) is 31.3 Å². The van der Waals surface area contributed by atoms with Gasteiger partial charge >= 0.3 is 0 Å². The highest BCUT2D eigenvalue weighted by Crippen LogP contribution is 2.32. The van der Waals surface area contributed by atoms with Crippen molar-refractivity contribution in [3.63, 3.8) is 0 Å². The lowest BCUT2D eigenvalue weighted by atomic mass is 10.2. The molecule has 2 aromatic carbocycles. The molecule has 1 amide bonds. The largest absolute Gasteiger partial charge is 0.493 e. The number of carbonyl (C=O) groups is 1. The summed E-state index contributed by atoms with van der Waals surface area (Å²) < 4.78 is 21.1. The molecule has 0 aromatic heterocycles. The van der Waals surface area contributed by atoms with E-state index in [0.29, 0.717) is 36.8 Å². The molecule has 26 heavy (non-hydrogen) atoms. The van der Waals surface area contributed by atoms with Crippen molar-refractivity contribution in [2.24, 2.45) is 0 Å². The van der Waals surface area contributed by atoms with E-state index in [0.717, 1.165) is 17.0 Å². The number of amides is 1. The first-order valence-electron chi connectivity index (χ1n) is 8.30. The van der Waals surface area contributed by atoms with Crippen LogP contribution in [0.4, 0.5) is 5.69 Å². The molecule has 3 rings (SSSR count). The molecule has 0 radical (unpaired) electrons. The quantitative estimate of drug-likeness (QED) is 0.755. The number of hydrogen-bond acceptors (Lipinski definition) is 6. The fourth-order valence-corrected chi connectivity index (χ4v) is 2.61. The third-order valence-electron chi connectivity index (χ3n) is 3.99. The highest BCUT2D eigenvalue weighted by molar-refractivity contribution is 5.76. The second kappa shape index (κ2) is 8.33. The molecule has 0 saturated carbocycles. The van der Waals surface area contributed by atoms with Gasteiger partial charge in [-0.2, -0.15) is 0 Å². The van der Waals surface area contributed by atoms with E-state index in [4.69, 9.17) is 18.9 Å². The zero-order valence-corrected chi connectivity index (χ0v) is 14.8. The molecule has 0 bridgehead atoms. The predicted molar refractivity (Wildman–Crippen MR) is 97.1 cm³/mol. The molecule has 0 aliphatic carbocycles. The lowest BCUT2D eigenvalue weighted by molar-refractivity contribution is -0.121. The number of fused-ring (bicyclic) bond motifs is 1. The Morgan fingerprint density at radius 1 is 1.04 bits per heavy atom. The lowest BCUT2D eigenvalue weighted by Gasteiger charge is -2.11. The average Bonchev–Trinajstić information content (AvgIpc) is 3.14. The Balaban J connectivity index is 1.43. The molecular formula is C19H22N2O5. The fraction of sp³-hybridized carbons (Fsp3) is 0.316. The first-order valence-corrected chi connectivity index (χ1v) is 8.30. The number of rotatable bonds is 8. The van der Waals surface area contributed by atoms with Gasteiger partial charge in [-0.15, -0.1) is 0 Å². The molecule has 1 aliphatic heterocycles. The zero-order valence-electron chi connectivity index (χ0n) is 14.8. The number of benzene rings is 2. The van der Waals surface area contributed by atoms with Crippen LogP contribution in [-0.4, -0.2) is 33.5 Å². The van der Waals surface area contributed by atoms with Crippen LogP contribution in [-0.2, 0) is 11.3 Å². The van der Waals surface area contributed by atoms with Crippen molar-refractivity contribution >= 4 is 11.6 Å². The maximum atomic E-state index is 12.0. The number of hydrogen-bond donors (Lipinski definition) is 2. The second-order valence-corrected chi connectivity index (χ2v) is 5.71. The van der Waals surface area contributed by atoms with Crippen LogP contribution in [0.5, 0.6) is 23.0 Å². The number of nitrogens with one attached hydrogen (secondary N) is 2. The summed E-state index contributed by atoms with van der Waals surface area (Å²) in [6, 6.07) is 11.2. The number of methoxy groups -OCH3 is 2. The van der Waals surface area contributed by atoms with Crippen molar-refractivity contribution in [2.45, 2.75) is 13.0 Å². The van der Waals surface area contributed by atoms with Gasteiger partial charge in [-0.05, 0) is 29.8 Å². The van der Waals surface area contributed by atoms with E-state index in [2.05, 4.69) is 10.6 Å². The molecule has 1 heterocycles. The number of carbonyl (C=O) groups excluding carboxylic acids is 1. The highest BCUT2D eigenvalue weighted by atomic mass is 16.7.